The second-order valence-electron chi connectivity index (χ2n) is 3.30. The summed E-state index contributed by atoms with van der Waals surface area (Å²) in [6.45, 7) is 0.698. The first kappa shape index (κ1) is 13.4. The average Bonchev–Trinajstić information content (AvgIpc) is 2.56. The number of alkyl halides is 3. The molecule has 0 radical (unpaired) electrons. The number of aromatic nitrogens is 2. The quantitative estimate of drug-likeness (QED) is 0.804. The molecule has 0 aliphatic carbocycles. The molecular weight excluding hydrogens is 243 g/mol. The molecule has 2 N–H and O–H groups in total. The van der Waals surface area contributed by atoms with Crippen molar-refractivity contribution in [3.05, 3.63) is 11.7 Å². The molecule has 0 amide bonds. The van der Waals surface area contributed by atoms with Crippen molar-refractivity contribution in [1.82, 2.24) is 15.5 Å². The number of aliphatic carboxylic acids is 1. The molecule has 6 nitrogen and oxygen atoms in total. The third-order valence-electron chi connectivity index (χ3n) is 1.89. The van der Waals surface area contributed by atoms with E-state index in [1.165, 1.54) is 0 Å². The number of carbonyl (C=O) groups is 1. The van der Waals surface area contributed by atoms with Gasteiger partial charge in [-0.1, -0.05) is 5.16 Å². The molecule has 0 aromatic carbocycles. The standard InChI is InChI=1S/C8H10F3N3O3/c1-4-13-6(17-14-4)3-12-2-5(7(15)16)8(9,10)11/h5,12H,2-3H2,1H3,(H,15,16). The van der Waals surface area contributed by atoms with Crippen LogP contribution in [0.4, 0.5) is 13.2 Å². The second kappa shape index (κ2) is 5.13. The number of hydrogen-bond donors (Lipinski definition) is 2. The van der Waals surface area contributed by atoms with E-state index in [0.717, 1.165) is 0 Å². The van der Waals surface area contributed by atoms with Crippen LogP contribution >= 0.6 is 0 Å². The molecular formula is C8H10F3N3O3. The summed E-state index contributed by atoms with van der Waals surface area (Å²) in [5, 5.41) is 14.1. The number of nitrogens with zero attached hydrogens (tertiary/aromatic N) is 2. The van der Waals surface area contributed by atoms with Gasteiger partial charge in [-0.25, -0.2) is 0 Å². The molecule has 0 aliphatic heterocycles. The van der Waals surface area contributed by atoms with Crippen molar-refractivity contribution in [1.29, 1.82) is 0 Å². The SMILES string of the molecule is Cc1noc(CNCC(C(=O)O)C(F)(F)F)n1. The van der Waals surface area contributed by atoms with Gasteiger partial charge in [0.2, 0.25) is 5.89 Å². The Kier molecular flexibility index (Phi) is 4.05. The molecule has 0 spiro atoms. The van der Waals surface area contributed by atoms with Gasteiger partial charge < -0.3 is 14.9 Å². The van der Waals surface area contributed by atoms with Crippen LogP contribution in [0.25, 0.3) is 0 Å². The molecule has 0 saturated heterocycles. The highest BCUT2D eigenvalue weighted by Gasteiger charge is 2.44. The van der Waals surface area contributed by atoms with E-state index in [1.54, 1.807) is 6.92 Å². The Morgan fingerprint density at radius 3 is 2.65 bits per heavy atom. The van der Waals surface area contributed by atoms with Crippen molar-refractivity contribution in [2.75, 3.05) is 6.54 Å². The van der Waals surface area contributed by atoms with Gasteiger partial charge in [0.1, 0.15) is 0 Å². The van der Waals surface area contributed by atoms with Crippen molar-refractivity contribution in [3.63, 3.8) is 0 Å². The van der Waals surface area contributed by atoms with Crippen LogP contribution in [0.2, 0.25) is 0 Å². The highest BCUT2D eigenvalue weighted by molar-refractivity contribution is 5.71. The van der Waals surface area contributed by atoms with Crippen LogP contribution in [-0.4, -0.2) is 33.9 Å². The van der Waals surface area contributed by atoms with Crippen molar-refractivity contribution >= 4 is 5.97 Å². The Labute approximate surface area is 93.8 Å². The number of carboxylic acids is 1. The van der Waals surface area contributed by atoms with Crippen LogP contribution in [0.1, 0.15) is 11.7 Å². The smallest absolute Gasteiger partial charge is 0.403 e. The van der Waals surface area contributed by atoms with Crippen LogP contribution in [0, 0.1) is 12.8 Å². The van der Waals surface area contributed by atoms with Gasteiger partial charge >= 0.3 is 12.1 Å². The minimum atomic E-state index is -4.79. The van der Waals surface area contributed by atoms with Gasteiger partial charge in [-0.2, -0.15) is 18.2 Å². The molecule has 0 saturated carbocycles. The molecule has 1 aromatic heterocycles. The van der Waals surface area contributed by atoms with Gasteiger partial charge in [-0.05, 0) is 6.92 Å². The third-order valence-corrected chi connectivity index (χ3v) is 1.89. The first-order valence-corrected chi connectivity index (χ1v) is 4.60. The van der Waals surface area contributed by atoms with Crippen LogP contribution in [0.15, 0.2) is 4.52 Å². The Hall–Kier alpha value is -1.64. The topological polar surface area (TPSA) is 88.2 Å². The number of hydrogen-bond acceptors (Lipinski definition) is 5. The van der Waals surface area contributed by atoms with E-state index in [1.807, 2.05) is 0 Å². The first-order valence-electron chi connectivity index (χ1n) is 4.60. The largest absolute Gasteiger partial charge is 0.481 e. The molecule has 17 heavy (non-hydrogen) atoms. The van der Waals surface area contributed by atoms with Gasteiger partial charge in [0, 0.05) is 6.54 Å². The van der Waals surface area contributed by atoms with Crippen LogP contribution in [-0.2, 0) is 11.3 Å². The summed E-state index contributed by atoms with van der Waals surface area (Å²) >= 11 is 0. The summed E-state index contributed by atoms with van der Waals surface area (Å²) in [4.78, 5) is 14.1. The first-order chi connectivity index (χ1) is 7.80. The maximum atomic E-state index is 12.2. The average molecular weight is 253 g/mol. The summed E-state index contributed by atoms with van der Waals surface area (Å²) in [6, 6.07) is 0. The molecule has 1 aromatic rings. The van der Waals surface area contributed by atoms with E-state index in [-0.39, 0.29) is 12.4 Å². The lowest BCUT2D eigenvalue weighted by atomic mass is 10.1. The lowest BCUT2D eigenvalue weighted by Gasteiger charge is -2.15. The Morgan fingerprint density at radius 1 is 1.59 bits per heavy atom. The minimum Gasteiger partial charge on any atom is -0.481 e. The van der Waals surface area contributed by atoms with Gasteiger partial charge in [0.15, 0.2) is 11.7 Å². The minimum absolute atomic E-state index is 0.105. The zero-order chi connectivity index (χ0) is 13.1. The highest BCUT2D eigenvalue weighted by atomic mass is 19.4. The molecule has 0 fully saturated rings. The summed E-state index contributed by atoms with van der Waals surface area (Å²) in [5.74, 6) is -3.92. The molecule has 0 bridgehead atoms. The summed E-state index contributed by atoms with van der Waals surface area (Å²) in [6.07, 6.45) is -4.79. The summed E-state index contributed by atoms with van der Waals surface area (Å²) in [7, 11) is 0. The fourth-order valence-corrected chi connectivity index (χ4v) is 1.08. The number of carboxylic acid groups (broad SMARTS) is 1. The number of rotatable bonds is 5. The lowest BCUT2D eigenvalue weighted by Crippen LogP contribution is -2.38. The Morgan fingerprint density at radius 2 is 2.24 bits per heavy atom. The molecule has 1 rings (SSSR count). The number of aryl methyl sites for hydroxylation is 1. The van der Waals surface area contributed by atoms with E-state index in [4.69, 9.17) is 5.11 Å². The van der Waals surface area contributed by atoms with Gasteiger partial charge in [0.05, 0.1) is 6.54 Å². The van der Waals surface area contributed by atoms with Gasteiger partial charge in [0.25, 0.3) is 0 Å². The third kappa shape index (κ3) is 4.02. The van der Waals surface area contributed by atoms with Crippen molar-refractivity contribution in [2.45, 2.75) is 19.6 Å². The number of halogens is 3. The highest BCUT2D eigenvalue weighted by Crippen LogP contribution is 2.25. The van der Waals surface area contributed by atoms with Crippen LogP contribution < -0.4 is 5.32 Å². The van der Waals surface area contributed by atoms with E-state index < -0.39 is 24.6 Å². The molecule has 9 heteroatoms. The number of nitrogens with one attached hydrogen (secondary N) is 1. The molecule has 0 aliphatic rings. The zero-order valence-corrected chi connectivity index (χ0v) is 8.78. The Balaban J connectivity index is 2.46. The molecule has 96 valence electrons. The van der Waals surface area contributed by atoms with E-state index in [0.29, 0.717) is 5.82 Å². The normalized spacial score (nSPS) is 13.6. The Bertz CT molecular complexity index is 391. The van der Waals surface area contributed by atoms with Crippen molar-refractivity contribution in [3.8, 4) is 0 Å². The van der Waals surface area contributed by atoms with Gasteiger partial charge in [-0.15, -0.1) is 0 Å². The predicted molar refractivity (Wildman–Crippen MR) is 47.9 cm³/mol. The van der Waals surface area contributed by atoms with E-state index in [9.17, 15) is 18.0 Å². The molecule has 1 atom stereocenters. The fourth-order valence-electron chi connectivity index (χ4n) is 1.08. The van der Waals surface area contributed by atoms with Gasteiger partial charge in [-0.3, -0.25) is 4.79 Å². The maximum absolute atomic E-state index is 12.2. The molecule has 1 heterocycles. The van der Waals surface area contributed by atoms with Crippen LogP contribution in [0.3, 0.4) is 0 Å². The zero-order valence-electron chi connectivity index (χ0n) is 8.78. The van der Waals surface area contributed by atoms with Crippen molar-refractivity contribution in [2.24, 2.45) is 5.92 Å². The fraction of sp³-hybridized carbons (Fsp3) is 0.625. The van der Waals surface area contributed by atoms with E-state index >= 15 is 0 Å². The maximum Gasteiger partial charge on any atom is 0.403 e. The van der Waals surface area contributed by atoms with Crippen molar-refractivity contribution < 1.29 is 27.6 Å². The second-order valence-corrected chi connectivity index (χ2v) is 3.30. The lowest BCUT2D eigenvalue weighted by molar-refractivity contribution is -0.192. The summed E-state index contributed by atoms with van der Waals surface area (Å²) in [5.41, 5.74) is 0. The monoisotopic (exact) mass is 253 g/mol. The molecule has 1 unspecified atom stereocenters. The summed E-state index contributed by atoms with van der Waals surface area (Å²) < 4.78 is 41.3. The van der Waals surface area contributed by atoms with Crippen LogP contribution in [0.5, 0.6) is 0 Å². The van der Waals surface area contributed by atoms with E-state index in [2.05, 4.69) is 20.0 Å². The predicted octanol–water partition coefficient (Wildman–Crippen LogP) is 0.731.